The van der Waals surface area contributed by atoms with Crippen molar-refractivity contribution in [3.8, 4) is 0 Å². The highest BCUT2D eigenvalue weighted by Crippen LogP contribution is 2.34. The van der Waals surface area contributed by atoms with Crippen LogP contribution in [0.3, 0.4) is 0 Å². The molecule has 0 radical (unpaired) electrons. The van der Waals surface area contributed by atoms with E-state index in [1.54, 1.807) is 0 Å². The summed E-state index contributed by atoms with van der Waals surface area (Å²) in [4.78, 5) is 4.42. The maximum atomic E-state index is 5.50. The highest BCUT2D eigenvalue weighted by molar-refractivity contribution is 5.11. The Morgan fingerprint density at radius 3 is 2.78 bits per heavy atom. The van der Waals surface area contributed by atoms with Gasteiger partial charge in [-0.1, -0.05) is 0 Å². The molecule has 0 bridgehead atoms. The molecule has 4 heteroatoms. The zero-order chi connectivity index (χ0) is 12.4. The van der Waals surface area contributed by atoms with Crippen LogP contribution >= 0.6 is 0 Å². The highest BCUT2D eigenvalue weighted by Gasteiger charge is 2.32. The average Bonchev–Trinajstić information content (AvgIpc) is 2.91. The van der Waals surface area contributed by atoms with Crippen LogP contribution in [0.2, 0.25) is 0 Å². The second kappa shape index (κ2) is 5.02. The second-order valence-electron chi connectivity index (χ2n) is 5.82. The first-order valence-corrected chi connectivity index (χ1v) is 7.11. The van der Waals surface area contributed by atoms with Crippen LogP contribution in [0.4, 0.5) is 0 Å². The number of piperidine rings is 1. The number of imidazole rings is 1. The maximum absolute atomic E-state index is 5.50. The van der Waals surface area contributed by atoms with Gasteiger partial charge in [-0.15, -0.1) is 0 Å². The van der Waals surface area contributed by atoms with E-state index in [1.807, 2.05) is 6.33 Å². The van der Waals surface area contributed by atoms with Gasteiger partial charge in [-0.3, -0.25) is 0 Å². The van der Waals surface area contributed by atoms with E-state index < -0.39 is 0 Å². The van der Waals surface area contributed by atoms with Gasteiger partial charge in [0.15, 0.2) is 0 Å². The van der Waals surface area contributed by atoms with Crippen molar-refractivity contribution in [3.63, 3.8) is 0 Å². The molecule has 2 saturated heterocycles. The van der Waals surface area contributed by atoms with Crippen LogP contribution in [-0.4, -0.2) is 35.9 Å². The van der Waals surface area contributed by atoms with Crippen molar-refractivity contribution in [2.45, 2.75) is 44.1 Å². The molecule has 2 fully saturated rings. The minimum Gasteiger partial charge on any atom is -0.381 e. The molecule has 3 rings (SSSR count). The van der Waals surface area contributed by atoms with Crippen molar-refractivity contribution in [1.82, 2.24) is 14.9 Å². The summed E-state index contributed by atoms with van der Waals surface area (Å²) < 4.78 is 7.94. The van der Waals surface area contributed by atoms with Crippen molar-refractivity contribution in [2.24, 2.45) is 0 Å². The molecule has 1 aromatic heterocycles. The van der Waals surface area contributed by atoms with Crippen LogP contribution in [0.5, 0.6) is 0 Å². The Hall–Kier alpha value is -0.870. The molecule has 100 valence electrons. The summed E-state index contributed by atoms with van der Waals surface area (Å²) in [5.41, 5.74) is 1.63. The van der Waals surface area contributed by atoms with Gasteiger partial charge in [0.1, 0.15) is 0 Å². The standard InChI is InChI=1S/C14H23N3O/c1-14(4-8-18-9-5-14)17-11-16-10-13(17)12-2-6-15-7-3-12/h10-12,15H,2-9H2,1H3. The van der Waals surface area contributed by atoms with Gasteiger partial charge in [-0.25, -0.2) is 4.98 Å². The number of hydrogen-bond acceptors (Lipinski definition) is 3. The van der Waals surface area contributed by atoms with Gasteiger partial charge in [-0.05, 0) is 45.7 Å². The Kier molecular flexibility index (Phi) is 3.39. The largest absolute Gasteiger partial charge is 0.381 e. The van der Waals surface area contributed by atoms with Crippen LogP contribution in [-0.2, 0) is 10.3 Å². The summed E-state index contributed by atoms with van der Waals surface area (Å²) in [7, 11) is 0. The number of rotatable bonds is 2. The van der Waals surface area contributed by atoms with Crippen molar-refractivity contribution in [1.29, 1.82) is 0 Å². The SMILES string of the molecule is CC1(n2cncc2C2CCNCC2)CCOCC1. The van der Waals surface area contributed by atoms with Crippen LogP contribution in [0.1, 0.15) is 44.2 Å². The summed E-state index contributed by atoms with van der Waals surface area (Å²) >= 11 is 0. The molecule has 2 aliphatic heterocycles. The fraction of sp³-hybridized carbons (Fsp3) is 0.786. The van der Waals surface area contributed by atoms with Gasteiger partial charge in [0.2, 0.25) is 0 Å². The average molecular weight is 249 g/mol. The van der Waals surface area contributed by atoms with E-state index in [4.69, 9.17) is 4.74 Å². The molecule has 18 heavy (non-hydrogen) atoms. The number of nitrogens with one attached hydrogen (secondary N) is 1. The zero-order valence-electron chi connectivity index (χ0n) is 11.2. The third-order valence-corrected chi connectivity index (χ3v) is 4.58. The van der Waals surface area contributed by atoms with Crippen molar-refractivity contribution >= 4 is 0 Å². The van der Waals surface area contributed by atoms with Gasteiger partial charge in [-0.2, -0.15) is 0 Å². The molecular weight excluding hydrogens is 226 g/mol. The Bertz CT molecular complexity index is 389. The molecule has 0 unspecified atom stereocenters. The maximum Gasteiger partial charge on any atom is 0.0953 e. The second-order valence-corrected chi connectivity index (χ2v) is 5.82. The van der Waals surface area contributed by atoms with Crippen LogP contribution < -0.4 is 5.32 Å². The lowest BCUT2D eigenvalue weighted by Crippen LogP contribution is -2.38. The van der Waals surface area contributed by atoms with Crippen LogP contribution in [0.15, 0.2) is 12.5 Å². The van der Waals surface area contributed by atoms with Crippen LogP contribution in [0, 0.1) is 0 Å². The minimum absolute atomic E-state index is 0.203. The predicted octanol–water partition coefficient (Wildman–Crippen LogP) is 1.88. The van der Waals surface area contributed by atoms with Gasteiger partial charge >= 0.3 is 0 Å². The van der Waals surface area contributed by atoms with Crippen molar-refractivity contribution in [3.05, 3.63) is 18.2 Å². The Labute approximate surface area is 109 Å². The molecule has 0 saturated carbocycles. The molecule has 4 nitrogen and oxygen atoms in total. The number of hydrogen-bond donors (Lipinski definition) is 1. The predicted molar refractivity (Wildman–Crippen MR) is 70.8 cm³/mol. The first kappa shape index (κ1) is 12.2. The summed E-state index contributed by atoms with van der Waals surface area (Å²) in [6.07, 6.45) is 8.78. The molecule has 0 amide bonds. The normalized spacial score (nSPS) is 25.2. The fourth-order valence-corrected chi connectivity index (χ4v) is 3.23. The molecule has 3 heterocycles. The lowest BCUT2D eigenvalue weighted by Gasteiger charge is -2.38. The Morgan fingerprint density at radius 2 is 2.06 bits per heavy atom. The molecule has 2 aliphatic rings. The van der Waals surface area contributed by atoms with E-state index in [0.29, 0.717) is 5.92 Å². The van der Waals surface area contributed by atoms with Gasteiger partial charge < -0.3 is 14.6 Å². The highest BCUT2D eigenvalue weighted by atomic mass is 16.5. The van der Waals surface area contributed by atoms with Gasteiger partial charge in [0.25, 0.3) is 0 Å². The number of nitrogens with zero attached hydrogens (tertiary/aromatic N) is 2. The van der Waals surface area contributed by atoms with Crippen molar-refractivity contribution < 1.29 is 4.74 Å². The van der Waals surface area contributed by atoms with Gasteiger partial charge in [0, 0.05) is 36.6 Å². The topological polar surface area (TPSA) is 39.1 Å². The third kappa shape index (κ3) is 2.19. The monoisotopic (exact) mass is 249 g/mol. The lowest BCUT2D eigenvalue weighted by atomic mass is 9.89. The van der Waals surface area contributed by atoms with E-state index in [2.05, 4.69) is 28.0 Å². The lowest BCUT2D eigenvalue weighted by molar-refractivity contribution is 0.0277. The minimum atomic E-state index is 0.203. The molecule has 1 aromatic rings. The molecule has 0 atom stereocenters. The van der Waals surface area contributed by atoms with E-state index in [-0.39, 0.29) is 5.54 Å². The zero-order valence-corrected chi connectivity index (χ0v) is 11.2. The molecular formula is C14H23N3O. The van der Waals surface area contributed by atoms with Crippen molar-refractivity contribution in [2.75, 3.05) is 26.3 Å². The Balaban J connectivity index is 1.85. The molecule has 0 spiro atoms. The fourth-order valence-electron chi connectivity index (χ4n) is 3.23. The summed E-state index contributed by atoms with van der Waals surface area (Å²) in [6, 6.07) is 0. The summed E-state index contributed by atoms with van der Waals surface area (Å²) in [6.45, 7) is 6.37. The summed E-state index contributed by atoms with van der Waals surface area (Å²) in [5, 5.41) is 3.44. The molecule has 0 aliphatic carbocycles. The Morgan fingerprint density at radius 1 is 1.33 bits per heavy atom. The van der Waals surface area contributed by atoms with E-state index >= 15 is 0 Å². The number of ether oxygens (including phenoxy) is 1. The van der Waals surface area contributed by atoms with E-state index in [9.17, 15) is 0 Å². The van der Waals surface area contributed by atoms with Crippen LogP contribution in [0.25, 0.3) is 0 Å². The van der Waals surface area contributed by atoms with Gasteiger partial charge in [0.05, 0.1) is 6.33 Å². The first-order chi connectivity index (χ1) is 8.80. The summed E-state index contributed by atoms with van der Waals surface area (Å²) in [5.74, 6) is 0.674. The smallest absolute Gasteiger partial charge is 0.0953 e. The first-order valence-electron chi connectivity index (χ1n) is 7.11. The molecule has 0 aromatic carbocycles. The van der Waals surface area contributed by atoms with E-state index in [1.165, 1.54) is 18.5 Å². The molecule has 1 N–H and O–H groups in total. The number of aromatic nitrogens is 2. The quantitative estimate of drug-likeness (QED) is 0.870. The van der Waals surface area contributed by atoms with E-state index in [0.717, 1.165) is 39.1 Å². The third-order valence-electron chi connectivity index (χ3n) is 4.58.